The van der Waals surface area contributed by atoms with Crippen molar-refractivity contribution in [3.05, 3.63) is 58.7 Å². The van der Waals surface area contributed by atoms with E-state index in [1.54, 1.807) is 0 Å². The lowest BCUT2D eigenvalue weighted by Gasteiger charge is -2.26. The van der Waals surface area contributed by atoms with E-state index in [1.807, 2.05) is 44.6 Å². The van der Waals surface area contributed by atoms with Crippen molar-refractivity contribution in [3.63, 3.8) is 0 Å². The van der Waals surface area contributed by atoms with Crippen LogP contribution in [0.5, 0.6) is 0 Å². The van der Waals surface area contributed by atoms with Gasteiger partial charge in [0, 0.05) is 24.8 Å². The maximum atomic E-state index is 6.05. The van der Waals surface area contributed by atoms with Crippen molar-refractivity contribution in [3.8, 4) is 0 Å². The Morgan fingerprint density at radius 2 is 2.10 bits per heavy atom. The number of hydrogen-bond acceptors (Lipinski definition) is 3. The highest BCUT2D eigenvalue weighted by Gasteiger charge is 2.13. The molecule has 0 aliphatic rings. The van der Waals surface area contributed by atoms with Crippen molar-refractivity contribution in [2.75, 3.05) is 19.0 Å². The highest BCUT2D eigenvalue weighted by atomic mass is 35.5. The number of halogens is 1. The molecule has 20 heavy (non-hydrogen) atoms. The SMILES string of the molecule is CNCc1ccc(N(C)C(C)c2cccc(Cl)c2)nc1. The summed E-state index contributed by atoms with van der Waals surface area (Å²) in [5.74, 6) is 0.956. The molecule has 0 amide bonds. The van der Waals surface area contributed by atoms with Crippen LogP contribution in [-0.2, 0) is 6.54 Å². The van der Waals surface area contributed by atoms with Crippen molar-refractivity contribution < 1.29 is 0 Å². The van der Waals surface area contributed by atoms with E-state index in [4.69, 9.17) is 11.6 Å². The normalized spacial score (nSPS) is 12.2. The van der Waals surface area contributed by atoms with Gasteiger partial charge < -0.3 is 10.2 Å². The van der Waals surface area contributed by atoms with Gasteiger partial charge in [-0.15, -0.1) is 0 Å². The Hall–Kier alpha value is -1.58. The number of hydrogen-bond donors (Lipinski definition) is 1. The highest BCUT2D eigenvalue weighted by molar-refractivity contribution is 6.30. The molecule has 0 radical (unpaired) electrons. The van der Waals surface area contributed by atoms with Crippen molar-refractivity contribution in [1.82, 2.24) is 10.3 Å². The molecule has 1 aromatic carbocycles. The Morgan fingerprint density at radius 3 is 2.70 bits per heavy atom. The van der Waals surface area contributed by atoms with E-state index in [1.165, 1.54) is 11.1 Å². The summed E-state index contributed by atoms with van der Waals surface area (Å²) in [4.78, 5) is 6.67. The molecule has 3 nitrogen and oxygen atoms in total. The Bertz CT molecular complexity index is 554. The lowest BCUT2D eigenvalue weighted by molar-refractivity contribution is 0.727. The lowest BCUT2D eigenvalue weighted by Crippen LogP contribution is -2.22. The molecule has 2 rings (SSSR count). The number of rotatable bonds is 5. The van der Waals surface area contributed by atoms with Gasteiger partial charge in [0.2, 0.25) is 0 Å². The summed E-state index contributed by atoms with van der Waals surface area (Å²) >= 11 is 6.05. The molecule has 4 heteroatoms. The number of pyridine rings is 1. The largest absolute Gasteiger partial charge is 0.353 e. The Morgan fingerprint density at radius 1 is 1.30 bits per heavy atom. The Balaban J connectivity index is 2.15. The van der Waals surface area contributed by atoms with E-state index in [2.05, 4.69) is 34.3 Å². The standard InChI is InChI=1S/C16H20ClN3/c1-12(14-5-4-6-15(17)9-14)20(3)16-8-7-13(10-18-2)11-19-16/h4-9,11-12,18H,10H2,1-3H3. The van der Waals surface area contributed by atoms with Gasteiger partial charge in [0.25, 0.3) is 0 Å². The molecule has 1 heterocycles. The van der Waals surface area contributed by atoms with Crippen LogP contribution in [0, 0.1) is 0 Å². The third-order valence-electron chi connectivity index (χ3n) is 3.46. The van der Waals surface area contributed by atoms with Gasteiger partial charge in [0.05, 0.1) is 6.04 Å². The minimum Gasteiger partial charge on any atom is -0.353 e. The number of nitrogens with one attached hydrogen (secondary N) is 1. The first-order chi connectivity index (χ1) is 9.61. The van der Waals surface area contributed by atoms with Gasteiger partial charge >= 0.3 is 0 Å². The molecular formula is C16H20ClN3. The van der Waals surface area contributed by atoms with E-state index in [9.17, 15) is 0 Å². The molecule has 1 unspecified atom stereocenters. The molecule has 0 saturated carbocycles. The van der Waals surface area contributed by atoms with Crippen molar-refractivity contribution in [2.45, 2.75) is 19.5 Å². The molecule has 0 fully saturated rings. The topological polar surface area (TPSA) is 28.2 Å². The average molecular weight is 290 g/mol. The maximum Gasteiger partial charge on any atom is 0.128 e. The maximum absolute atomic E-state index is 6.05. The molecule has 1 atom stereocenters. The zero-order valence-electron chi connectivity index (χ0n) is 12.1. The molecule has 0 aliphatic carbocycles. The molecule has 0 bridgehead atoms. The fourth-order valence-corrected chi connectivity index (χ4v) is 2.32. The van der Waals surface area contributed by atoms with Gasteiger partial charge in [-0.25, -0.2) is 4.98 Å². The van der Waals surface area contributed by atoms with Crippen LogP contribution in [0.2, 0.25) is 5.02 Å². The van der Waals surface area contributed by atoms with Gasteiger partial charge in [-0.2, -0.15) is 0 Å². The van der Waals surface area contributed by atoms with Crippen molar-refractivity contribution in [2.24, 2.45) is 0 Å². The first-order valence-corrected chi connectivity index (χ1v) is 7.07. The first kappa shape index (κ1) is 14.8. The van der Waals surface area contributed by atoms with Crippen LogP contribution in [0.3, 0.4) is 0 Å². The monoisotopic (exact) mass is 289 g/mol. The second-order valence-corrected chi connectivity index (χ2v) is 5.33. The third-order valence-corrected chi connectivity index (χ3v) is 3.70. The van der Waals surface area contributed by atoms with Gasteiger partial charge in [-0.3, -0.25) is 0 Å². The zero-order valence-corrected chi connectivity index (χ0v) is 12.9. The summed E-state index contributed by atoms with van der Waals surface area (Å²) in [6.07, 6.45) is 1.91. The van der Waals surface area contributed by atoms with Gasteiger partial charge in [0.15, 0.2) is 0 Å². The second-order valence-electron chi connectivity index (χ2n) is 4.90. The third kappa shape index (κ3) is 3.50. The van der Waals surface area contributed by atoms with Gasteiger partial charge in [0.1, 0.15) is 5.82 Å². The molecule has 1 N–H and O–H groups in total. The summed E-state index contributed by atoms with van der Waals surface area (Å²) < 4.78 is 0. The van der Waals surface area contributed by atoms with Crippen LogP contribution in [0.1, 0.15) is 24.1 Å². The Labute approximate surface area is 125 Å². The van der Waals surface area contributed by atoms with Crippen LogP contribution < -0.4 is 10.2 Å². The molecule has 106 valence electrons. The summed E-state index contributed by atoms with van der Waals surface area (Å²) in [6, 6.07) is 12.3. The fraction of sp³-hybridized carbons (Fsp3) is 0.312. The highest BCUT2D eigenvalue weighted by Crippen LogP contribution is 2.25. The molecule has 0 spiro atoms. The first-order valence-electron chi connectivity index (χ1n) is 6.69. The quantitative estimate of drug-likeness (QED) is 0.911. The lowest BCUT2D eigenvalue weighted by atomic mass is 10.1. The molecule has 0 saturated heterocycles. The van der Waals surface area contributed by atoms with Crippen LogP contribution in [0.15, 0.2) is 42.6 Å². The van der Waals surface area contributed by atoms with Gasteiger partial charge in [-0.1, -0.05) is 29.8 Å². The smallest absolute Gasteiger partial charge is 0.128 e. The number of nitrogens with zero attached hydrogens (tertiary/aromatic N) is 2. The van der Waals surface area contributed by atoms with E-state index >= 15 is 0 Å². The summed E-state index contributed by atoms with van der Waals surface area (Å²) in [5.41, 5.74) is 2.36. The second kappa shape index (κ2) is 6.73. The molecule has 0 aliphatic heterocycles. The molecule has 2 aromatic rings. The van der Waals surface area contributed by atoms with E-state index in [-0.39, 0.29) is 6.04 Å². The van der Waals surface area contributed by atoms with Crippen LogP contribution in [0.25, 0.3) is 0 Å². The zero-order chi connectivity index (χ0) is 14.5. The molecular weight excluding hydrogens is 270 g/mol. The Kier molecular flexibility index (Phi) is 4.99. The average Bonchev–Trinajstić information content (AvgIpc) is 2.47. The summed E-state index contributed by atoms with van der Waals surface area (Å²) in [5, 5.41) is 3.88. The van der Waals surface area contributed by atoms with E-state index in [0.29, 0.717) is 0 Å². The fourth-order valence-electron chi connectivity index (χ4n) is 2.12. The number of anilines is 1. The van der Waals surface area contributed by atoms with E-state index < -0.39 is 0 Å². The van der Waals surface area contributed by atoms with Crippen molar-refractivity contribution in [1.29, 1.82) is 0 Å². The van der Waals surface area contributed by atoms with Crippen LogP contribution >= 0.6 is 11.6 Å². The minimum atomic E-state index is 0.219. The van der Waals surface area contributed by atoms with Gasteiger partial charge in [-0.05, 0) is 43.3 Å². The predicted octanol–water partition coefficient (Wildman–Crippen LogP) is 3.65. The minimum absolute atomic E-state index is 0.219. The number of aromatic nitrogens is 1. The number of benzene rings is 1. The van der Waals surface area contributed by atoms with E-state index in [0.717, 1.165) is 17.4 Å². The summed E-state index contributed by atoms with van der Waals surface area (Å²) in [6.45, 7) is 2.98. The van der Waals surface area contributed by atoms with Crippen LogP contribution in [0.4, 0.5) is 5.82 Å². The van der Waals surface area contributed by atoms with Crippen LogP contribution in [-0.4, -0.2) is 19.1 Å². The molecule has 1 aromatic heterocycles. The van der Waals surface area contributed by atoms with Crippen molar-refractivity contribution >= 4 is 17.4 Å². The summed E-state index contributed by atoms with van der Waals surface area (Å²) in [7, 11) is 3.98. The predicted molar refractivity (Wildman–Crippen MR) is 85.3 cm³/mol.